The zero-order valence-electron chi connectivity index (χ0n) is 28.4. The van der Waals surface area contributed by atoms with Crippen LogP contribution < -0.4 is 5.32 Å². The quantitative estimate of drug-likeness (QED) is 0.0556. The second kappa shape index (κ2) is 33.2. The van der Waals surface area contributed by atoms with E-state index in [0.29, 0.717) is 12.8 Å². The van der Waals surface area contributed by atoms with Gasteiger partial charge in [0, 0.05) is 6.42 Å². The lowest BCUT2D eigenvalue weighted by Gasteiger charge is -2.26. The molecule has 0 radical (unpaired) electrons. The van der Waals surface area contributed by atoms with E-state index in [0.717, 1.165) is 38.5 Å². The molecule has 252 valence electrons. The van der Waals surface area contributed by atoms with Crippen LogP contribution in [0.2, 0.25) is 0 Å². The summed E-state index contributed by atoms with van der Waals surface area (Å²) < 4.78 is 0. The van der Waals surface area contributed by atoms with Crippen molar-refractivity contribution < 1.29 is 20.1 Å². The Kier molecular flexibility index (Phi) is 32.7. The fourth-order valence-corrected chi connectivity index (χ4v) is 5.99. The first-order chi connectivity index (χ1) is 20.6. The minimum absolute atomic E-state index is 0.143. The molecule has 1 amide bonds. The highest BCUT2D eigenvalue weighted by Gasteiger charge is 2.26. The van der Waals surface area contributed by atoms with Gasteiger partial charge in [0.05, 0.1) is 18.8 Å². The van der Waals surface area contributed by atoms with Gasteiger partial charge in [-0.15, -0.1) is 0 Å². The highest BCUT2D eigenvalue weighted by Crippen LogP contribution is 2.16. The monoisotopic (exact) mass is 598 g/mol. The summed E-state index contributed by atoms with van der Waals surface area (Å²) >= 11 is 0. The molecule has 0 fully saturated rings. The molecule has 5 heteroatoms. The number of carbonyl (C=O) groups excluding carboxylic acids is 1. The van der Waals surface area contributed by atoms with Crippen molar-refractivity contribution in [1.29, 1.82) is 0 Å². The predicted molar refractivity (Wildman–Crippen MR) is 181 cm³/mol. The van der Waals surface area contributed by atoms with Gasteiger partial charge in [0.15, 0.2) is 0 Å². The molecule has 4 N–H and O–H groups in total. The normalized spacial score (nSPS) is 13.7. The van der Waals surface area contributed by atoms with Crippen LogP contribution in [0.5, 0.6) is 0 Å². The molecule has 0 aromatic rings. The summed E-state index contributed by atoms with van der Waals surface area (Å²) in [5.74, 6) is -0.143. The van der Waals surface area contributed by atoms with Gasteiger partial charge < -0.3 is 20.6 Å². The molecule has 0 saturated carbocycles. The summed E-state index contributed by atoms with van der Waals surface area (Å²) in [5.41, 5.74) is 0. The molecule has 0 aliphatic carbocycles. The van der Waals surface area contributed by atoms with Crippen LogP contribution in [0.1, 0.15) is 206 Å². The van der Waals surface area contributed by atoms with Crippen LogP contribution >= 0.6 is 0 Å². The van der Waals surface area contributed by atoms with E-state index in [1.165, 1.54) is 141 Å². The summed E-state index contributed by atoms with van der Waals surface area (Å²) in [6, 6.07) is -0.800. The molecule has 3 unspecified atom stereocenters. The molecule has 0 aromatic heterocycles. The van der Waals surface area contributed by atoms with E-state index in [4.69, 9.17) is 0 Å². The highest BCUT2D eigenvalue weighted by atomic mass is 16.3. The van der Waals surface area contributed by atoms with Crippen molar-refractivity contribution in [3.05, 3.63) is 0 Å². The van der Waals surface area contributed by atoms with Gasteiger partial charge >= 0.3 is 0 Å². The minimum Gasteiger partial charge on any atom is -0.394 e. The smallest absolute Gasteiger partial charge is 0.220 e. The highest BCUT2D eigenvalue weighted by molar-refractivity contribution is 5.76. The molecule has 0 aliphatic rings. The first-order valence-electron chi connectivity index (χ1n) is 18.8. The van der Waals surface area contributed by atoms with E-state index in [1.54, 1.807) is 0 Å². The van der Waals surface area contributed by atoms with Gasteiger partial charge in [0.1, 0.15) is 6.10 Å². The lowest BCUT2D eigenvalue weighted by Crippen LogP contribution is -2.50. The molecule has 3 atom stereocenters. The van der Waals surface area contributed by atoms with Crippen LogP contribution in [-0.2, 0) is 4.79 Å². The van der Waals surface area contributed by atoms with Gasteiger partial charge in [0.2, 0.25) is 5.91 Å². The van der Waals surface area contributed by atoms with Crippen molar-refractivity contribution >= 4 is 5.91 Å². The molecule has 0 bridgehead atoms. The molecular weight excluding hydrogens is 522 g/mol. The third kappa shape index (κ3) is 28.1. The van der Waals surface area contributed by atoms with Crippen LogP contribution in [0.25, 0.3) is 0 Å². The van der Waals surface area contributed by atoms with E-state index in [1.807, 2.05) is 0 Å². The zero-order valence-corrected chi connectivity index (χ0v) is 28.4. The second-order valence-corrected chi connectivity index (χ2v) is 13.1. The number of nitrogens with one attached hydrogen (secondary N) is 1. The summed E-state index contributed by atoms with van der Waals surface area (Å²) in [6.07, 6.45) is 34.8. The number of hydrogen-bond donors (Lipinski definition) is 4. The molecule has 0 saturated heterocycles. The number of hydrogen-bond acceptors (Lipinski definition) is 4. The topological polar surface area (TPSA) is 89.8 Å². The van der Waals surface area contributed by atoms with Crippen molar-refractivity contribution in [3.8, 4) is 0 Å². The van der Waals surface area contributed by atoms with E-state index < -0.39 is 18.2 Å². The molecule has 5 nitrogen and oxygen atoms in total. The third-order valence-electron chi connectivity index (χ3n) is 8.96. The van der Waals surface area contributed by atoms with Gasteiger partial charge in [-0.1, -0.05) is 187 Å². The molecule has 0 heterocycles. The first kappa shape index (κ1) is 41.4. The summed E-state index contributed by atoms with van der Waals surface area (Å²) in [6.45, 7) is 4.17. The van der Waals surface area contributed by atoms with Crippen LogP contribution in [0.15, 0.2) is 0 Å². The van der Waals surface area contributed by atoms with Crippen molar-refractivity contribution in [2.75, 3.05) is 6.61 Å². The van der Waals surface area contributed by atoms with E-state index in [-0.39, 0.29) is 12.5 Å². The predicted octanol–water partition coefficient (Wildman–Crippen LogP) is 9.93. The van der Waals surface area contributed by atoms with Crippen LogP contribution in [0, 0.1) is 0 Å². The molecule has 0 aromatic carbocycles. The largest absolute Gasteiger partial charge is 0.394 e. The number of rotatable bonds is 34. The fraction of sp³-hybridized carbons (Fsp3) is 0.973. The maximum atomic E-state index is 12.3. The van der Waals surface area contributed by atoms with Crippen LogP contribution in [-0.4, -0.2) is 46.1 Å². The third-order valence-corrected chi connectivity index (χ3v) is 8.96. The Labute approximate surface area is 262 Å². The molecule has 0 rings (SSSR count). The van der Waals surface area contributed by atoms with Crippen LogP contribution in [0.4, 0.5) is 0 Å². The Morgan fingerprint density at radius 3 is 1.14 bits per heavy atom. The molecule has 42 heavy (non-hydrogen) atoms. The molecule has 0 aliphatic heterocycles. The van der Waals surface area contributed by atoms with Gasteiger partial charge in [-0.3, -0.25) is 4.79 Å². The maximum Gasteiger partial charge on any atom is 0.220 e. The fourth-order valence-electron chi connectivity index (χ4n) is 5.99. The van der Waals surface area contributed by atoms with Crippen molar-refractivity contribution in [3.63, 3.8) is 0 Å². The van der Waals surface area contributed by atoms with Gasteiger partial charge in [-0.2, -0.15) is 0 Å². The minimum atomic E-state index is -1.13. The number of aliphatic hydroxyl groups excluding tert-OH is 3. The average Bonchev–Trinajstić information content (AvgIpc) is 2.99. The summed E-state index contributed by atoms with van der Waals surface area (Å²) in [7, 11) is 0. The SMILES string of the molecule is CCCCCCCCCCCCCCCCCCCC(=O)NC(CO)C(O)C(O)CCCCCCCCCCCCC. The van der Waals surface area contributed by atoms with Crippen molar-refractivity contribution in [2.45, 2.75) is 225 Å². The Hall–Kier alpha value is -0.650. The number of amides is 1. The Morgan fingerprint density at radius 2 is 0.810 bits per heavy atom. The average molecular weight is 598 g/mol. The molecular formula is C37H75NO4. The van der Waals surface area contributed by atoms with Crippen LogP contribution in [0.3, 0.4) is 0 Å². The van der Waals surface area contributed by atoms with Crippen molar-refractivity contribution in [2.24, 2.45) is 0 Å². The van der Waals surface area contributed by atoms with Gasteiger partial charge in [-0.05, 0) is 12.8 Å². The van der Waals surface area contributed by atoms with E-state index in [9.17, 15) is 20.1 Å². The Bertz CT molecular complexity index is 544. The Balaban J connectivity index is 3.63. The standard InChI is InChI=1S/C37H75NO4/c1-3-5-7-9-11-13-15-16-17-18-19-20-22-24-26-28-30-32-36(41)38-34(33-39)37(42)35(40)31-29-27-25-23-21-14-12-10-8-6-4-2/h34-35,37,39-40,42H,3-33H2,1-2H3,(H,38,41). The zero-order chi connectivity index (χ0) is 30.9. The molecule has 0 spiro atoms. The Morgan fingerprint density at radius 1 is 0.500 bits per heavy atom. The lowest BCUT2D eigenvalue weighted by molar-refractivity contribution is -0.124. The number of aliphatic hydroxyl groups is 3. The number of unbranched alkanes of at least 4 members (excludes halogenated alkanes) is 26. The van der Waals surface area contributed by atoms with Gasteiger partial charge in [0.25, 0.3) is 0 Å². The maximum absolute atomic E-state index is 12.3. The summed E-state index contributed by atoms with van der Waals surface area (Å²) in [5, 5.41) is 33.3. The lowest BCUT2D eigenvalue weighted by atomic mass is 9.99. The first-order valence-corrected chi connectivity index (χ1v) is 18.8. The van der Waals surface area contributed by atoms with E-state index >= 15 is 0 Å². The summed E-state index contributed by atoms with van der Waals surface area (Å²) in [4.78, 5) is 12.3. The van der Waals surface area contributed by atoms with Gasteiger partial charge in [-0.25, -0.2) is 0 Å². The second-order valence-electron chi connectivity index (χ2n) is 13.1. The number of carbonyl (C=O) groups is 1. The van der Waals surface area contributed by atoms with E-state index in [2.05, 4.69) is 19.2 Å². The van der Waals surface area contributed by atoms with Crippen molar-refractivity contribution in [1.82, 2.24) is 5.32 Å².